The maximum Gasteiger partial charge on any atom is 0.488 e. The number of amides is 1. The molecule has 0 atom stereocenters. The minimum atomic E-state index is -1.56. The first-order valence-corrected chi connectivity index (χ1v) is 4.83. The van der Waals surface area contributed by atoms with Gasteiger partial charge in [0.25, 0.3) is 0 Å². The fourth-order valence-electron chi connectivity index (χ4n) is 1.19. The van der Waals surface area contributed by atoms with Gasteiger partial charge in [-0.25, -0.2) is 0 Å². The van der Waals surface area contributed by atoms with E-state index in [1.807, 2.05) is 0 Å². The topological polar surface area (TPSA) is 86.6 Å². The molecule has 5 nitrogen and oxygen atoms in total. The van der Waals surface area contributed by atoms with E-state index in [4.69, 9.17) is 10.0 Å². The molecule has 0 aliphatic heterocycles. The summed E-state index contributed by atoms with van der Waals surface area (Å²) in [5, 5.41) is 20.4. The van der Waals surface area contributed by atoms with E-state index in [9.17, 15) is 9.59 Å². The molecule has 84 valence electrons. The van der Waals surface area contributed by atoms with Crippen molar-refractivity contribution in [1.29, 1.82) is 0 Å². The Balaban J connectivity index is 2.63. The van der Waals surface area contributed by atoms with E-state index in [0.29, 0.717) is 17.4 Å². The number of nitrogens with one attached hydrogen (secondary N) is 1. The average Bonchev–Trinajstić information content (AvgIpc) is 2.26. The second-order valence-corrected chi connectivity index (χ2v) is 3.25. The Kier molecular flexibility index (Phi) is 4.69. The van der Waals surface area contributed by atoms with E-state index < -0.39 is 7.12 Å². The number of hydrogen-bond donors (Lipinski definition) is 3. The fourth-order valence-corrected chi connectivity index (χ4v) is 1.19. The molecule has 0 unspecified atom stereocenters. The molecule has 0 aliphatic rings. The molecule has 0 saturated carbocycles. The van der Waals surface area contributed by atoms with Gasteiger partial charge in [-0.3, -0.25) is 4.79 Å². The summed E-state index contributed by atoms with van der Waals surface area (Å²) in [6, 6.07) is 6.23. The number of anilines is 1. The van der Waals surface area contributed by atoms with Gasteiger partial charge < -0.3 is 20.2 Å². The molecule has 3 N–H and O–H groups in total. The van der Waals surface area contributed by atoms with Gasteiger partial charge in [0.2, 0.25) is 5.91 Å². The van der Waals surface area contributed by atoms with Crippen LogP contribution in [0.3, 0.4) is 0 Å². The Bertz CT molecular complexity index is 381. The van der Waals surface area contributed by atoms with Crippen LogP contribution >= 0.6 is 0 Å². The highest BCUT2D eigenvalue weighted by Crippen LogP contribution is 2.05. The molecule has 1 aromatic rings. The highest BCUT2D eigenvalue weighted by atomic mass is 16.4. The molecule has 1 rings (SSSR count). The molecule has 6 heteroatoms. The Morgan fingerprint density at radius 2 is 2.19 bits per heavy atom. The lowest BCUT2D eigenvalue weighted by Gasteiger charge is -2.06. The number of rotatable bonds is 5. The van der Waals surface area contributed by atoms with Gasteiger partial charge in [0, 0.05) is 18.5 Å². The van der Waals surface area contributed by atoms with Crippen LogP contribution in [0.15, 0.2) is 24.3 Å². The van der Waals surface area contributed by atoms with Crippen molar-refractivity contribution < 1.29 is 19.6 Å². The molecule has 1 amide bonds. The Morgan fingerprint density at radius 3 is 2.81 bits per heavy atom. The van der Waals surface area contributed by atoms with Crippen LogP contribution in [0.2, 0.25) is 0 Å². The SMILES string of the molecule is O=CCCC(=O)Nc1cccc(B(O)O)c1. The van der Waals surface area contributed by atoms with E-state index in [1.165, 1.54) is 12.1 Å². The maximum atomic E-state index is 11.3. The van der Waals surface area contributed by atoms with E-state index in [-0.39, 0.29) is 18.7 Å². The first kappa shape index (κ1) is 12.4. The van der Waals surface area contributed by atoms with Crippen LogP contribution in [0.25, 0.3) is 0 Å². The van der Waals surface area contributed by atoms with Crippen LogP contribution in [0.5, 0.6) is 0 Å². The van der Waals surface area contributed by atoms with Gasteiger partial charge >= 0.3 is 7.12 Å². The van der Waals surface area contributed by atoms with Crippen LogP contribution < -0.4 is 10.8 Å². The van der Waals surface area contributed by atoms with Gasteiger partial charge in [-0.05, 0) is 17.6 Å². The average molecular weight is 221 g/mol. The van der Waals surface area contributed by atoms with Gasteiger partial charge in [0.05, 0.1) is 0 Å². The van der Waals surface area contributed by atoms with Crippen molar-refractivity contribution in [2.75, 3.05) is 5.32 Å². The van der Waals surface area contributed by atoms with Crippen LogP contribution in [-0.2, 0) is 9.59 Å². The van der Waals surface area contributed by atoms with Gasteiger partial charge in [-0.2, -0.15) is 0 Å². The molecule has 0 fully saturated rings. The molecule has 0 saturated heterocycles. The monoisotopic (exact) mass is 221 g/mol. The van der Waals surface area contributed by atoms with Crippen molar-refractivity contribution in [2.45, 2.75) is 12.8 Å². The summed E-state index contributed by atoms with van der Waals surface area (Å²) < 4.78 is 0. The molecule has 0 aliphatic carbocycles. The van der Waals surface area contributed by atoms with Crippen molar-refractivity contribution >= 4 is 30.5 Å². The molecular formula is C10H12BNO4. The van der Waals surface area contributed by atoms with E-state index in [0.717, 1.165) is 0 Å². The van der Waals surface area contributed by atoms with Crippen molar-refractivity contribution in [2.24, 2.45) is 0 Å². The van der Waals surface area contributed by atoms with Crippen molar-refractivity contribution in [3.8, 4) is 0 Å². The second kappa shape index (κ2) is 6.04. The Labute approximate surface area is 93.2 Å². The van der Waals surface area contributed by atoms with Crippen LogP contribution in [-0.4, -0.2) is 29.4 Å². The van der Waals surface area contributed by atoms with Gasteiger partial charge in [0.15, 0.2) is 0 Å². The van der Waals surface area contributed by atoms with E-state index in [1.54, 1.807) is 12.1 Å². The number of hydrogen-bond acceptors (Lipinski definition) is 4. The zero-order valence-corrected chi connectivity index (χ0v) is 8.59. The van der Waals surface area contributed by atoms with Crippen molar-refractivity contribution in [1.82, 2.24) is 0 Å². The summed E-state index contributed by atoms with van der Waals surface area (Å²) in [4.78, 5) is 21.3. The number of aldehydes is 1. The third-order valence-electron chi connectivity index (χ3n) is 1.96. The van der Waals surface area contributed by atoms with Gasteiger partial charge in [0.1, 0.15) is 6.29 Å². The summed E-state index contributed by atoms with van der Waals surface area (Å²) in [6.45, 7) is 0. The summed E-state index contributed by atoms with van der Waals surface area (Å²) in [5.74, 6) is -0.281. The number of carbonyl (C=O) groups is 2. The molecule has 0 aromatic heterocycles. The van der Waals surface area contributed by atoms with E-state index >= 15 is 0 Å². The number of benzene rings is 1. The summed E-state index contributed by atoms with van der Waals surface area (Å²) in [5.41, 5.74) is 0.773. The zero-order chi connectivity index (χ0) is 12.0. The first-order chi connectivity index (χ1) is 7.63. The Hall–Kier alpha value is -1.66. The first-order valence-electron chi connectivity index (χ1n) is 4.83. The normalized spacial score (nSPS) is 9.62. The fraction of sp³-hybridized carbons (Fsp3) is 0.200. The van der Waals surface area contributed by atoms with Crippen LogP contribution in [0.1, 0.15) is 12.8 Å². The molecule has 1 aromatic carbocycles. The second-order valence-electron chi connectivity index (χ2n) is 3.25. The Morgan fingerprint density at radius 1 is 1.44 bits per heavy atom. The minimum absolute atomic E-state index is 0.120. The summed E-state index contributed by atoms with van der Waals surface area (Å²) in [7, 11) is -1.56. The predicted molar refractivity (Wildman–Crippen MR) is 60.2 cm³/mol. The molecule has 16 heavy (non-hydrogen) atoms. The predicted octanol–water partition coefficient (Wildman–Crippen LogP) is -0.716. The van der Waals surface area contributed by atoms with Gasteiger partial charge in [-0.1, -0.05) is 12.1 Å². The summed E-state index contributed by atoms with van der Waals surface area (Å²) >= 11 is 0. The van der Waals surface area contributed by atoms with Crippen molar-refractivity contribution in [3.05, 3.63) is 24.3 Å². The highest BCUT2D eigenvalue weighted by molar-refractivity contribution is 6.58. The van der Waals surface area contributed by atoms with Crippen molar-refractivity contribution in [3.63, 3.8) is 0 Å². The third-order valence-corrected chi connectivity index (χ3v) is 1.96. The standard InChI is InChI=1S/C10H12BNO4/c13-6-2-5-10(14)12-9-4-1-3-8(7-9)11(15)16/h1,3-4,6-7,15-16H,2,5H2,(H,12,14). The molecule has 0 bridgehead atoms. The summed E-state index contributed by atoms with van der Waals surface area (Å²) in [6.07, 6.45) is 0.969. The molecule has 0 spiro atoms. The minimum Gasteiger partial charge on any atom is -0.423 e. The lowest BCUT2D eigenvalue weighted by molar-refractivity contribution is -0.118. The van der Waals surface area contributed by atoms with E-state index in [2.05, 4.69) is 5.32 Å². The molecule has 0 radical (unpaired) electrons. The maximum absolute atomic E-state index is 11.3. The van der Waals surface area contributed by atoms with Gasteiger partial charge in [-0.15, -0.1) is 0 Å². The molecule has 0 heterocycles. The largest absolute Gasteiger partial charge is 0.488 e. The lowest BCUT2D eigenvalue weighted by Crippen LogP contribution is -2.30. The quantitative estimate of drug-likeness (QED) is 0.452. The van der Waals surface area contributed by atoms with Crippen LogP contribution in [0, 0.1) is 0 Å². The lowest BCUT2D eigenvalue weighted by atomic mass is 9.80. The smallest absolute Gasteiger partial charge is 0.423 e. The zero-order valence-electron chi connectivity index (χ0n) is 8.59. The molecular weight excluding hydrogens is 209 g/mol. The number of carbonyl (C=O) groups excluding carboxylic acids is 2. The van der Waals surface area contributed by atoms with Crippen LogP contribution in [0.4, 0.5) is 5.69 Å². The third kappa shape index (κ3) is 3.84. The highest BCUT2D eigenvalue weighted by Gasteiger charge is 2.11.